The summed E-state index contributed by atoms with van der Waals surface area (Å²) < 4.78 is 4.98. The van der Waals surface area contributed by atoms with Gasteiger partial charge in [0.05, 0.1) is 6.61 Å². The number of nitrogens with one attached hydrogen (secondary N) is 1. The van der Waals surface area contributed by atoms with Crippen LogP contribution in [0.3, 0.4) is 0 Å². The maximum atomic E-state index is 12.0. The standard InChI is InChI=1S/C12H22N2O3/c1-5-17-10(15)9-7-6-8-14(9)11(16)13-12(2,3)4/h9H,5-8H2,1-4H3,(H,13,16). The molecule has 0 saturated carbocycles. The van der Waals surface area contributed by atoms with Crippen molar-refractivity contribution in [1.29, 1.82) is 0 Å². The second-order valence-corrected chi connectivity index (χ2v) is 5.28. The van der Waals surface area contributed by atoms with Crippen LogP contribution in [0, 0.1) is 0 Å². The van der Waals surface area contributed by atoms with Crippen molar-refractivity contribution in [2.75, 3.05) is 13.2 Å². The summed E-state index contributed by atoms with van der Waals surface area (Å²) in [5.74, 6) is -0.297. The first-order chi connectivity index (χ1) is 7.85. The van der Waals surface area contributed by atoms with Crippen LogP contribution < -0.4 is 5.32 Å². The summed E-state index contributed by atoms with van der Waals surface area (Å²) >= 11 is 0. The van der Waals surface area contributed by atoms with E-state index >= 15 is 0 Å². The van der Waals surface area contributed by atoms with Gasteiger partial charge < -0.3 is 15.0 Å². The summed E-state index contributed by atoms with van der Waals surface area (Å²) in [6.45, 7) is 8.49. The zero-order valence-electron chi connectivity index (χ0n) is 11.1. The molecule has 1 rings (SSSR count). The first-order valence-electron chi connectivity index (χ1n) is 6.10. The minimum atomic E-state index is -0.419. The minimum absolute atomic E-state index is 0.187. The zero-order chi connectivity index (χ0) is 13.1. The Bertz CT molecular complexity index is 297. The Morgan fingerprint density at radius 1 is 1.41 bits per heavy atom. The first kappa shape index (κ1) is 13.8. The number of hydrogen-bond acceptors (Lipinski definition) is 3. The monoisotopic (exact) mass is 242 g/mol. The maximum Gasteiger partial charge on any atom is 0.328 e. The van der Waals surface area contributed by atoms with Crippen LogP contribution in [-0.4, -0.2) is 41.6 Å². The average molecular weight is 242 g/mol. The number of amides is 2. The van der Waals surface area contributed by atoms with Gasteiger partial charge in [0, 0.05) is 12.1 Å². The van der Waals surface area contributed by atoms with Gasteiger partial charge in [-0.2, -0.15) is 0 Å². The molecule has 0 aromatic carbocycles. The lowest BCUT2D eigenvalue weighted by Crippen LogP contribution is -2.52. The highest BCUT2D eigenvalue weighted by atomic mass is 16.5. The number of carbonyl (C=O) groups excluding carboxylic acids is 2. The third-order valence-electron chi connectivity index (χ3n) is 2.55. The van der Waals surface area contributed by atoms with E-state index in [1.54, 1.807) is 11.8 Å². The number of ether oxygens (including phenoxy) is 1. The second kappa shape index (κ2) is 5.38. The topological polar surface area (TPSA) is 58.6 Å². The molecular weight excluding hydrogens is 220 g/mol. The van der Waals surface area contributed by atoms with Crippen LogP contribution in [0.15, 0.2) is 0 Å². The van der Waals surface area contributed by atoms with Crippen LogP contribution >= 0.6 is 0 Å². The molecule has 0 aliphatic carbocycles. The van der Waals surface area contributed by atoms with E-state index in [-0.39, 0.29) is 17.5 Å². The normalized spacial score (nSPS) is 20.2. The van der Waals surface area contributed by atoms with Gasteiger partial charge in [-0.25, -0.2) is 9.59 Å². The average Bonchev–Trinajstić information content (AvgIpc) is 2.63. The smallest absolute Gasteiger partial charge is 0.328 e. The number of carbonyl (C=O) groups is 2. The van der Waals surface area contributed by atoms with Gasteiger partial charge in [-0.3, -0.25) is 0 Å². The summed E-state index contributed by atoms with van der Waals surface area (Å²) in [7, 11) is 0. The molecule has 1 saturated heterocycles. The Morgan fingerprint density at radius 2 is 2.06 bits per heavy atom. The molecule has 1 heterocycles. The molecule has 17 heavy (non-hydrogen) atoms. The molecule has 1 fully saturated rings. The van der Waals surface area contributed by atoms with Gasteiger partial charge in [0.1, 0.15) is 6.04 Å². The molecule has 0 bridgehead atoms. The summed E-state index contributed by atoms with van der Waals surface area (Å²) in [5.41, 5.74) is -0.293. The lowest BCUT2D eigenvalue weighted by Gasteiger charge is -2.28. The Labute approximate surface area is 102 Å². The van der Waals surface area contributed by atoms with E-state index < -0.39 is 6.04 Å². The number of nitrogens with zero attached hydrogens (tertiary/aromatic N) is 1. The number of urea groups is 1. The fourth-order valence-electron chi connectivity index (χ4n) is 1.89. The van der Waals surface area contributed by atoms with Crippen molar-refractivity contribution in [1.82, 2.24) is 10.2 Å². The lowest BCUT2D eigenvalue weighted by atomic mass is 10.1. The molecular formula is C12H22N2O3. The molecule has 0 spiro atoms. The molecule has 1 aliphatic heterocycles. The van der Waals surface area contributed by atoms with E-state index in [9.17, 15) is 9.59 Å². The van der Waals surface area contributed by atoms with Gasteiger partial charge in [0.15, 0.2) is 0 Å². The van der Waals surface area contributed by atoms with E-state index in [1.807, 2.05) is 20.8 Å². The van der Waals surface area contributed by atoms with Crippen LogP contribution in [0.4, 0.5) is 4.79 Å². The predicted octanol–water partition coefficient (Wildman–Crippen LogP) is 1.52. The van der Waals surface area contributed by atoms with Crippen LogP contribution in [0.1, 0.15) is 40.5 Å². The Hall–Kier alpha value is -1.26. The molecule has 0 aromatic heterocycles. The van der Waals surface area contributed by atoms with Crippen molar-refractivity contribution in [2.24, 2.45) is 0 Å². The fourth-order valence-corrected chi connectivity index (χ4v) is 1.89. The van der Waals surface area contributed by atoms with Gasteiger partial charge in [-0.1, -0.05) is 0 Å². The molecule has 5 nitrogen and oxygen atoms in total. The third kappa shape index (κ3) is 3.91. The first-order valence-corrected chi connectivity index (χ1v) is 6.10. The summed E-state index contributed by atoms with van der Waals surface area (Å²) in [5, 5.41) is 2.87. The van der Waals surface area contributed by atoms with Crippen molar-refractivity contribution in [3.8, 4) is 0 Å². The zero-order valence-corrected chi connectivity index (χ0v) is 11.1. The lowest BCUT2D eigenvalue weighted by molar-refractivity contribution is -0.147. The summed E-state index contributed by atoms with van der Waals surface area (Å²) in [4.78, 5) is 25.2. The van der Waals surface area contributed by atoms with E-state index in [0.717, 1.165) is 6.42 Å². The number of likely N-dealkylation sites (tertiary alicyclic amines) is 1. The summed E-state index contributed by atoms with van der Waals surface area (Å²) in [6.07, 6.45) is 1.54. The predicted molar refractivity (Wildman–Crippen MR) is 64.6 cm³/mol. The van der Waals surface area contributed by atoms with Crippen LogP contribution in [-0.2, 0) is 9.53 Å². The molecule has 1 aliphatic rings. The van der Waals surface area contributed by atoms with Gasteiger partial charge in [0.2, 0.25) is 0 Å². The van der Waals surface area contributed by atoms with E-state index in [1.165, 1.54) is 0 Å². The number of rotatable bonds is 2. The summed E-state index contributed by atoms with van der Waals surface area (Å²) in [6, 6.07) is -0.606. The van der Waals surface area contributed by atoms with Crippen molar-refractivity contribution in [3.63, 3.8) is 0 Å². The highest BCUT2D eigenvalue weighted by Crippen LogP contribution is 2.19. The van der Waals surface area contributed by atoms with Gasteiger partial charge >= 0.3 is 12.0 Å². The molecule has 0 radical (unpaired) electrons. The maximum absolute atomic E-state index is 12.0. The highest BCUT2D eigenvalue weighted by molar-refractivity contribution is 5.84. The van der Waals surface area contributed by atoms with E-state index in [0.29, 0.717) is 19.6 Å². The number of hydrogen-bond donors (Lipinski definition) is 1. The molecule has 1 N–H and O–H groups in total. The van der Waals surface area contributed by atoms with Crippen molar-refractivity contribution in [3.05, 3.63) is 0 Å². The van der Waals surface area contributed by atoms with Crippen molar-refractivity contribution < 1.29 is 14.3 Å². The second-order valence-electron chi connectivity index (χ2n) is 5.28. The third-order valence-corrected chi connectivity index (χ3v) is 2.55. The molecule has 5 heteroatoms. The molecule has 1 atom stereocenters. The Morgan fingerprint density at radius 3 is 2.59 bits per heavy atom. The van der Waals surface area contributed by atoms with Gasteiger partial charge in [-0.05, 0) is 40.5 Å². The van der Waals surface area contributed by atoms with Gasteiger partial charge in [-0.15, -0.1) is 0 Å². The Balaban J connectivity index is 2.63. The highest BCUT2D eigenvalue weighted by Gasteiger charge is 2.36. The van der Waals surface area contributed by atoms with Crippen LogP contribution in [0.5, 0.6) is 0 Å². The molecule has 98 valence electrons. The van der Waals surface area contributed by atoms with Crippen LogP contribution in [0.25, 0.3) is 0 Å². The van der Waals surface area contributed by atoms with Crippen molar-refractivity contribution in [2.45, 2.75) is 52.1 Å². The van der Waals surface area contributed by atoms with Crippen LogP contribution in [0.2, 0.25) is 0 Å². The Kier molecular flexibility index (Phi) is 4.37. The largest absolute Gasteiger partial charge is 0.464 e. The van der Waals surface area contributed by atoms with E-state index in [2.05, 4.69) is 5.32 Å². The van der Waals surface area contributed by atoms with Crippen molar-refractivity contribution >= 4 is 12.0 Å². The molecule has 0 aromatic rings. The molecule has 2 amide bonds. The number of esters is 1. The minimum Gasteiger partial charge on any atom is -0.464 e. The fraction of sp³-hybridized carbons (Fsp3) is 0.833. The van der Waals surface area contributed by atoms with Gasteiger partial charge in [0.25, 0.3) is 0 Å². The SMILES string of the molecule is CCOC(=O)C1CCCN1C(=O)NC(C)(C)C. The quantitative estimate of drug-likeness (QED) is 0.747. The van der Waals surface area contributed by atoms with E-state index in [4.69, 9.17) is 4.74 Å². The molecule has 1 unspecified atom stereocenters.